The average molecular weight is 428 g/mol. The van der Waals surface area contributed by atoms with E-state index in [2.05, 4.69) is 24.1 Å². The first-order valence-corrected chi connectivity index (χ1v) is 11.2. The molecule has 1 saturated carbocycles. The minimum atomic E-state index is -0.829. The maximum atomic E-state index is 12.6. The molecule has 1 aliphatic carbocycles. The number of carbonyl (C=O) groups excluding carboxylic acids is 2. The molecule has 1 amide bonds. The zero-order valence-corrected chi connectivity index (χ0v) is 18.9. The molecule has 1 aromatic heterocycles. The second-order valence-electron chi connectivity index (χ2n) is 8.83. The van der Waals surface area contributed by atoms with E-state index in [0.717, 1.165) is 18.4 Å². The lowest BCUT2D eigenvalue weighted by atomic mass is 9.78. The summed E-state index contributed by atoms with van der Waals surface area (Å²) in [5.41, 5.74) is 1.53. The molecular formula is C24H33N3O4. The summed E-state index contributed by atoms with van der Waals surface area (Å²) in [6.45, 7) is 8.26. The Hall–Kier alpha value is -2.70. The molecule has 7 heteroatoms. The van der Waals surface area contributed by atoms with Crippen LogP contribution in [0, 0.1) is 18.8 Å². The normalized spacial score (nSPS) is 22.1. The molecular weight excluding hydrogens is 394 g/mol. The fourth-order valence-electron chi connectivity index (χ4n) is 4.29. The average Bonchev–Trinajstić information content (AvgIpc) is 2.73. The number of nitrogens with one attached hydrogen (secondary N) is 1. The molecule has 1 aliphatic rings. The molecule has 0 saturated heterocycles. The maximum absolute atomic E-state index is 12.6. The Labute approximate surface area is 183 Å². The van der Waals surface area contributed by atoms with Crippen LogP contribution >= 0.6 is 0 Å². The van der Waals surface area contributed by atoms with Crippen molar-refractivity contribution in [3.8, 4) is 0 Å². The zero-order chi connectivity index (χ0) is 22.5. The molecule has 4 unspecified atom stereocenters. The van der Waals surface area contributed by atoms with Crippen molar-refractivity contribution in [2.75, 3.05) is 0 Å². The number of amides is 1. The van der Waals surface area contributed by atoms with Gasteiger partial charge in [-0.25, -0.2) is 4.98 Å². The summed E-state index contributed by atoms with van der Waals surface area (Å²) in [6, 6.07) is 5.65. The minimum Gasteiger partial charge on any atom is -0.453 e. The summed E-state index contributed by atoms with van der Waals surface area (Å²) >= 11 is 0. The molecule has 1 aromatic carbocycles. The molecule has 0 aliphatic heterocycles. The summed E-state index contributed by atoms with van der Waals surface area (Å²) in [5, 5.41) is 3.62. The number of benzene rings is 1. The third kappa shape index (κ3) is 5.51. The standard InChI is InChI=1S/C24H33N3O4/c1-15-8-6-11-20(17(15)3)26-23(29)18(4)31-21(28)12-7-13-27-14-25-22-16(2)9-5-10-19(22)24(27)30/h5,9-10,14-15,17-18,20H,6-8,11-13H2,1-4H3,(H,26,29). The van der Waals surface area contributed by atoms with Gasteiger partial charge in [0.25, 0.3) is 11.5 Å². The van der Waals surface area contributed by atoms with Gasteiger partial charge in [-0.1, -0.05) is 38.8 Å². The van der Waals surface area contributed by atoms with E-state index in [4.69, 9.17) is 4.74 Å². The highest BCUT2D eigenvalue weighted by molar-refractivity contribution is 5.83. The SMILES string of the molecule is Cc1cccc2c(=O)n(CCCC(=O)OC(C)C(=O)NC3CCCC(C)C3C)cnc12. The summed E-state index contributed by atoms with van der Waals surface area (Å²) in [7, 11) is 0. The molecule has 1 heterocycles. The topological polar surface area (TPSA) is 90.3 Å². The first-order chi connectivity index (χ1) is 14.8. The van der Waals surface area contributed by atoms with Gasteiger partial charge in [0.15, 0.2) is 6.10 Å². The van der Waals surface area contributed by atoms with Gasteiger partial charge in [0.05, 0.1) is 17.2 Å². The van der Waals surface area contributed by atoms with E-state index in [1.165, 1.54) is 17.3 Å². The van der Waals surface area contributed by atoms with E-state index >= 15 is 0 Å². The predicted molar refractivity (Wildman–Crippen MR) is 120 cm³/mol. The highest BCUT2D eigenvalue weighted by atomic mass is 16.5. The van der Waals surface area contributed by atoms with E-state index in [0.29, 0.717) is 35.7 Å². The molecule has 0 radical (unpaired) electrons. The van der Waals surface area contributed by atoms with Gasteiger partial charge in [0, 0.05) is 19.0 Å². The van der Waals surface area contributed by atoms with Crippen molar-refractivity contribution in [3.63, 3.8) is 0 Å². The van der Waals surface area contributed by atoms with Crippen LogP contribution in [0.25, 0.3) is 10.9 Å². The summed E-state index contributed by atoms with van der Waals surface area (Å²) in [4.78, 5) is 41.6. The lowest BCUT2D eigenvalue weighted by Gasteiger charge is -2.35. The van der Waals surface area contributed by atoms with E-state index in [1.54, 1.807) is 13.0 Å². The predicted octanol–water partition coefficient (Wildman–Crippen LogP) is 3.36. The molecule has 0 bridgehead atoms. The van der Waals surface area contributed by atoms with E-state index in [-0.39, 0.29) is 23.9 Å². The van der Waals surface area contributed by atoms with Gasteiger partial charge in [-0.15, -0.1) is 0 Å². The number of esters is 1. The van der Waals surface area contributed by atoms with Gasteiger partial charge in [0.2, 0.25) is 0 Å². The molecule has 4 atom stereocenters. The summed E-state index contributed by atoms with van der Waals surface area (Å²) in [6.07, 6.45) is 4.51. The molecule has 0 spiro atoms. The molecule has 1 N–H and O–H groups in total. The number of aromatic nitrogens is 2. The molecule has 2 aromatic rings. The lowest BCUT2D eigenvalue weighted by molar-refractivity contribution is -0.155. The van der Waals surface area contributed by atoms with Gasteiger partial charge >= 0.3 is 5.97 Å². The minimum absolute atomic E-state index is 0.120. The molecule has 7 nitrogen and oxygen atoms in total. The smallest absolute Gasteiger partial charge is 0.306 e. The number of para-hydroxylation sites is 1. The number of carbonyl (C=O) groups is 2. The van der Waals surface area contributed by atoms with Gasteiger partial charge in [-0.05, 0) is 50.2 Å². The van der Waals surface area contributed by atoms with Crippen molar-refractivity contribution < 1.29 is 14.3 Å². The first-order valence-electron chi connectivity index (χ1n) is 11.2. The van der Waals surface area contributed by atoms with Crippen LogP contribution in [0.3, 0.4) is 0 Å². The molecule has 168 valence electrons. The first kappa shape index (κ1) is 23.0. The summed E-state index contributed by atoms with van der Waals surface area (Å²) in [5.74, 6) is 0.307. The fourth-order valence-corrected chi connectivity index (χ4v) is 4.29. The highest BCUT2D eigenvalue weighted by Crippen LogP contribution is 2.29. The van der Waals surface area contributed by atoms with Crippen LogP contribution in [0.5, 0.6) is 0 Å². The Balaban J connectivity index is 1.48. The Morgan fingerprint density at radius 1 is 1.29 bits per heavy atom. The molecule has 1 fully saturated rings. The third-order valence-corrected chi connectivity index (χ3v) is 6.55. The number of nitrogens with zero attached hydrogens (tertiary/aromatic N) is 2. The van der Waals surface area contributed by atoms with Crippen molar-refractivity contribution in [1.82, 2.24) is 14.9 Å². The van der Waals surface area contributed by atoms with Crippen LogP contribution in [0.4, 0.5) is 0 Å². The van der Waals surface area contributed by atoms with E-state index < -0.39 is 12.1 Å². The Morgan fingerprint density at radius 2 is 2.06 bits per heavy atom. The Bertz CT molecular complexity index is 1000. The Kier molecular flexibility index (Phi) is 7.46. The van der Waals surface area contributed by atoms with Crippen LogP contribution in [-0.2, 0) is 20.9 Å². The quantitative estimate of drug-likeness (QED) is 0.685. The van der Waals surface area contributed by atoms with Crippen LogP contribution in [0.15, 0.2) is 29.3 Å². The molecule has 31 heavy (non-hydrogen) atoms. The van der Waals surface area contributed by atoms with Crippen molar-refractivity contribution in [2.45, 2.75) is 78.5 Å². The number of aryl methyl sites for hydroxylation is 2. The second kappa shape index (κ2) is 10.1. The van der Waals surface area contributed by atoms with Gasteiger partial charge < -0.3 is 10.1 Å². The van der Waals surface area contributed by atoms with Crippen LogP contribution in [0.2, 0.25) is 0 Å². The van der Waals surface area contributed by atoms with Gasteiger partial charge in [0.1, 0.15) is 0 Å². The number of hydrogen-bond donors (Lipinski definition) is 1. The monoisotopic (exact) mass is 427 g/mol. The van der Waals surface area contributed by atoms with Gasteiger partial charge in [-0.2, -0.15) is 0 Å². The van der Waals surface area contributed by atoms with E-state index in [1.807, 2.05) is 19.1 Å². The van der Waals surface area contributed by atoms with Crippen molar-refractivity contribution in [2.24, 2.45) is 11.8 Å². The number of rotatable bonds is 7. The Morgan fingerprint density at radius 3 is 2.84 bits per heavy atom. The van der Waals surface area contributed by atoms with Crippen molar-refractivity contribution in [1.29, 1.82) is 0 Å². The number of hydrogen-bond acceptors (Lipinski definition) is 5. The maximum Gasteiger partial charge on any atom is 0.306 e. The van der Waals surface area contributed by atoms with Gasteiger partial charge in [-0.3, -0.25) is 19.0 Å². The third-order valence-electron chi connectivity index (χ3n) is 6.55. The second-order valence-corrected chi connectivity index (χ2v) is 8.83. The van der Waals surface area contributed by atoms with Crippen LogP contribution in [0.1, 0.15) is 58.4 Å². The number of ether oxygens (including phenoxy) is 1. The van der Waals surface area contributed by atoms with Crippen molar-refractivity contribution in [3.05, 3.63) is 40.4 Å². The molecule has 3 rings (SSSR count). The fraction of sp³-hybridized carbons (Fsp3) is 0.583. The summed E-state index contributed by atoms with van der Waals surface area (Å²) < 4.78 is 6.83. The lowest BCUT2D eigenvalue weighted by Crippen LogP contribution is -2.47. The highest BCUT2D eigenvalue weighted by Gasteiger charge is 2.30. The largest absolute Gasteiger partial charge is 0.453 e. The van der Waals surface area contributed by atoms with Crippen LogP contribution in [-0.4, -0.2) is 33.6 Å². The van der Waals surface area contributed by atoms with E-state index in [9.17, 15) is 14.4 Å². The zero-order valence-electron chi connectivity index (χ0n) is 18.9. The van der Waals surface area contributed by atoms with Crippen LogP contribution < -0.4 is 10.9 Å². The van der Waals surface area contributed by atoms with Crippen molar-refractivity contribution >= 4 is 22.8 Å². The number of fused-ring (bicyclic) bond motifs is 1.